The molecule has 1 aliphatic carbocycles. The zero-order valence-corrected chi connectivity index (χ0v) is 8.21. The number of nitrogens with one attached hydrogen (secondary N) is 1. The first-order valence-corrected chi connectivity index (χ1v) is 5.21. The van der Waals surface area contributed by atoms with Gasteiger partial charge in [0.1, 0.15) is 6.73 Å². The minimum atomic E-state index is 0.0521. The summed E-state index contributed by atoms with van der Waals surface area (Å²) < 4.78 is 0. The fraction of sp³-hybridized carbons (Fsp3) is 0.800. The summed E-state index contributed by atoms with van der Waals surface area (Å²) in [7, 11) is 0. The minimum absolute atomic E-state index is 0.0521. The van der Waals surface area contributed by atoms with Crippen molar-refractivity contribution in [2.45, 2.75) is 38.5 Å². The van der Waals surface area contributed by atoms with Gasteiger partial charge in [-0.25, -0.2) is 5.43 Å². The molecule has 0 atom stereocenters. The third kappa shape index (κ3) is 4.90. The van der Waals surface area contributed by atoms with Crippen LogP contribution in [0.25, 0.3) is 0 Å². The molecular weight excluding hydrogens is 164 g/mol. The molecular formula is C10H20N2O. The minimum Gasteiger partial charge on any atom is -0.375 e. The molecule has 3 nitrogen and oxygen atoms in total. The molecule has 3 heteroatoms. The fourth-order valence-corrected chi connectivity index (χ4v) is 1.56. The molecule has 0 aromatic rings. The van der Waals surface area contributed by atoms with Crippen molar-refractivity contribution < 1.29 is 5.11 Å². The van der Waals surface area contributed by atoms with Gasteiger partial charge in [-0.1, -0.05) is 44.6 Å². The molecule has 1 heterocycles. The van der Waals surface area contributed by atoms with Gasteiger partial charge in [0.15, 0.2) is 0 Å². The highest BCUT2D eigenvalue weighted by atomic mass is 16.3. The van der Waals surface area contributed by atoms with E-state index in [0.29, 0.717) is 0 Å². The van der Waals surface area contributed by atoms with Crippen LogP contribution in [0, 0.1) is 0 Å². The highest BCUT2D eigenvalue weighted by molar-refractivity contribution is 4.87. The Hall–Kier alpha value is -0.540. The van der Waals surface area contributed by atoms with Crippen LogP contribution < -0.4 is 5.43 Å². The van der Waals surface area contributed by atoms with E-state index in [-0.39, 0.29) is 6.73 Å². The van der Waals surface area contributed by atoms with Crippen LogP contribution in [0.5, 0.6) is 0 Å². The Morgan fingerprint density at radius 1 is 1.08 bits per heavy atom. The molecule has 0 amide bonds. The predicted molar refractivity (Wildman–Crippen MR) is 53.8 cm³/mol. The Morgan fingerprint density at radius 3 is 1.85 bits per heavy atom. The molecule has 1 fully saturated rings. The second kappa shape index (κ2) is 6.92. The van der Waals surface area contributed by atoms with Crippen LogP contribution in [-0.4, -0.2) is 23.4 Å². The van der Waals surface area contributed by atoms with Crippen molar-refractivity contribution in [2.75, 3.05) is 13.3 Å². The number of rotatable bonds is 1. The van der Waals surface area contributed by atoms with E-state index < -0.39 is 0 Å². The first-order valence-electron chi connectivity index (χ1n) is 5.21. The van der Waals surface area contributed by atoms with E-state index in [1.165, 1.54) is 38.5 Å². The average molecular weight is 184 g/mol. The first-order chi connectivity index (χ1) is 6.43. The molecule has 2 N–H and O–H groups in total. The SMILES string of the molecule is C1CCCCC1.OCN1C=CCN1. The topological polar surface area (TPSA) is 35.5 Å². The highest BCUT2D eigenvalue weighted by Gasteiger charge is 1.97. The van der Waals surface area contributed by atoms with E-state index in [2.05, 4.69) is 5.43 Å². The van der Waals surface area contributed by atoms with Gasteiger partial charge < -0.3 is 5.11 Å². The van der Waals surface area contributed by atoms with E-state index in [0.717, 1.165) is 6.54 Å². The number of aliphatic hydroxyl groups is 1. The maximum absolute atomic E-state index is 8.38. The second-order valence-electron chi connectivity index (χ2n) is 3.48. The van der Waals surface area contributed by atoms with Crippen molar-refractivity contribution in [3.05, 3.63) is 12.3 Å². The quantitative estimate of drug-likeness (QED) is 0.650. The molecule has 2 aliphatic rings. The summed E-state index contributed by atoms with van der Waals surface area (Å²) in [6.45, 7) is 0.886. The summed E-state index contributed by atoms with van der Waals surface area (Å²) >= 11 is 0. The molecule has 0 aromatic carbocycles. The van der Waals surface area contributed by atoms with Crippen LogP contribution in [0.15, 0.2) is 12.3 Å². The largest absolute Gasteiger partial charge is 0.375 e. The van der Waals surface area contributed by atoms with Gasteiger partial charge in [0.05, 0.1) is 0 Å². The number of nitrogens with zero attached hydrogens (tertiary/aromatic N) is 1. The molecule has 0 saturated heterocycles. The Bertz CT molecular complexity index is 132. The van der Waals surface area contributed by atoms with Gasteiger partial charge >= 0.3 is 0 Å². The van der Waals surface area contributed by atoms with Crippen molar-refractivity contribution in [1.82, 2.24) is 10.4 Å². The first kappa shape index (κ1) is 10.5. The van der Waals surface area contributed by atoms with Gasteiger partial charge in [-0.2, -0.15) is 0 Å². The smallest absolute Gasteiger partial charge is 0.129 e. The molecule has 76 valence electrons. The van der Waals surface area contributed by atoms with Crippen molar-refractivity contribution >= 4 is 0 Å². The third-order valence-electron chi connectivity index (χ3n) is 2.35. The molecule has 0 unspecified atom stereocenters. The summed E-state index contributed by atoms with van der Waals surface area (Å²) in [6.07, 6.45) is 12.7. The normalized spacial score (nSPS) is 21.2. The maximum atomic E-state index is 8.38. The van der Waals surface area contributed by atoms with Crippen LogP contribution in [0.3, 0.4) is 0 Å². The lowest BCUT2D eigenvalue weighted by molar-refractivity contribution is 0.121. The summed E-state index contributed by atoms with van der Waals surface area (Å²) in [5.74, 6) is 0. The Kier molecular flexibility index (Phi) is 5.61. The molecule has 2 rings (SSSR count). The number of aliphatic hydroxyl groups excluding tert-OH is 1. The van der Waals surface area contributed by atoms with Crippen LogP contribution >= 0.6 is 0 Å². The van der Waals surface area contributed by atoms with Crippen LogP contribution in [0.2, 0.25) is 0 Å². The van der Waals surface area contributed by atoms with Gasteiger partial charge in [0, 0.05) is 12.7 Å². The monoisotopic (exact) mass is 184 g/mol. The lowest BCUT2D eigenvalue weighted by Crippen LogP contribution is -2.29. The van der Waals surface area contributed by atoms with E-state index in [9.17, 15) is 0 Å². The second-order valence-corrected chi connectivity index (χ2v) is 3.48. The van der Waals surface area contributed by atoms with Crippen molar-refractivity contribution in [3.63, 3.8) is 0 Å². The Balaban J connectivity index is 0.000000132. The number of hydrazine groups is 1. The Labute approximate surface area is 80.4 Å². The number of hydrogen-bond acceptors (Lipinski definition) is 3. The fourth-order valence-electron chi connectivity index (χ4n) is 1.56. The summed E-state index contributed by atoms with van der Waals surface area (Å²) in [4.78, 5) is 0. The van der Waals surface area contributed by atoms with Crippen LogP contribution in [0.4, 0.5) is 0 Å². The van der Waals surface area contributed by atoms with Gasteiger partial charge in [-0.15, -0.1) is 0 Å². The molecule has 0 aromatic heterocycles. The van der Waals surface area contributed by atoms with Crippen molar-refractivity contribution in [1.29, 1.82) is 0 Å². The van der Waals surface area contributed by atoms with Crippen molar-refractivity contribution in [3.8, 4) is 0 Å². The lowest BCUT2D eigenvalue weighted by atomic mass is 10.0. The van der Waals surface area contributed by atoms with Gasteiger partial charge in [0.25, 0.3) is 0 Å². The van der Waals surface area contributed by atoms with E-state index in [1.54, 1.807) is 11.2 Å². The number of hydrogen-bond donors (Lipinski definition) is 2. The van der Waals surface area contributed by atoms with E-state index in [1.807, 2.05) is 6.08 Å². The van der Waals surface area contributed by atoms with Crippen LogP contribution in [0.1, 0.15) is 38.5 Å². The van der Waals surface area contributed by atoms with Gasteiger partial charge in [-0.3, -0.25) is 5.01 Å². The summed E-state index contributed by atoms with van der Waals surface area (Å²) in [6, 6.07) is 0. The molecule has 1 aliphatic heterocycles. The maximum Gasteiger partial charge on any atom is 0.129 e. The summed E-state index contributed by atoms with van der Waals surface area (Å²) in [5, 5.41) is 9.99. The van der Waals surface area contributed by atoms with E-state index >= 15 is 0 Å². The molecule has 0 bridgehead atoms. The third-order valence-corrected chi connectivity index (χ3v) is 2.35. The average Bonchev–Trinajstić information content (AvgIpc) is 2.74. The predicted octanol–water partition coefficient (Wildman–Crippen LogP) is 1.61. The van der Waals surface area contributed by atoms with Crippen molar-refractivity contribution in [2.24, 2.45) is 0 Å². The zero-order valence-electron chi connectivity index (χ0n) is 8.21. The lowest BCUT2D eigenvalue weighted by Gasteiger charge is -2.09. The molecule has 0 spiro atoms. The van der Waals surface area contributed by atoms with E-state index in [4.69, 9.17) is 5.11 Å². The molecule has 13 heavy (non-hydrogen) atoms. The Morgan fingerprint density at radius 2 is 1.62 bits per heavy atom. The van der Waals surface area contributed by atoms with Gasteiger partial charge in [0.2, 0.25) is 0 Å². The van der Waals surface area contributed by atoms with Crippen LogP contribution in [-0.2, 0) is 0 Å². The zero-order chi connectivity index (χ0) is 9.36. The molecule has 1 saturated carbocycles. The summed E-state index contributed by atoms with van der Waals surface area (Å²) in [5.41, 5.74) is 2.88. The molecule has 0 radical (unpaired) electrons. The highest BCUT2D eigenvalue weighted by Crippen LogP contribution is 2.15. The standard InChI is InChI=1S/C6H12.C4H8N2O/c1-2-4-6-5-3-1;7-4-6-3-1-2-5-6/h1-6H2;1,3,5,7H,2,4H2. The van der Waals surface area contributed by atoms with Gasteiger partial charge in [-0.05, 0) is 0 Å².